The van der Waals surface area contributed by atoms with Gasteiger partial charge in [0.2, 0.25) is 0 Å². The van der Waals surface area contributed by atoms with E-state index in [-0.39, 0.29) is 11.6 Å². The Kier molecular flexibility index (Phi) is 5.43. The van der Waals surface area contributed by atoms with Gasteiger partial charge in [0.1, 0.15) is 12.1 Å². The van der Waals surface area contributed by atoms with Crippen LogP contribution in [0.4, 0.5) is 5.82 Å². The summed E-state index contributed by atoms with van der Waals surface area (Å²) in [5.41, 5.74) is 1.76. The fraction of sp³-hybridized carbons (Fsp3) is 0.250. The van der Waals surface area contributed by atoms with Crippen molar-refractivity contribution < 1.29 is 9.90 Å². The van der Waals surface area contributed by atoms with Crippen molar-refractivity contribution in [1.82, 2.24) is 14.9 Å². The number of hydrogen-bond acceptors (Lipinski definition) is 5. The fourth-order valence-electron chi connectivity index (χ4n) is 2.90. The minimum absolute atomic E-state index is 0.0211. The van der Waals surface area contributed by atoms with Gasteiger partial charge < -0.3 is 15.3 Å². The van der Waals surface area contributed by atoms with Crippen LogP contribution in [0.15, 0.2) is 54.9 Å². The number of aromatic carboxylic acids is 1. The van der Waals surface area contributed by atoms with Crippen LogP contribution in [0.25, 0.3) is 10.9 Å². The number of para-hydroxylation sites is 1. The number of hydrogen-bond donors (Lipinski definition) is 2. The van der Waals surface area contributed by atoms with Crippen molar-refractivity contribution in [1.29, 1.82) is 0 Å². The van der Waals surface area contributed by atoms with Gasteiger partial charge in [-0.05, 0) is 31.3 Å². The molecule has 1 atom stereocenters. The summed E-state index contributed by atoms with van der Waals surface area (Å²) < 4.78 is 0. The van der Waals surface area contributed by atoms with Crippen LogP contribution in [0.3, 0.4) is 0 Å². The Labute approximate surface area is 152 Å². The molecule has 0 aliphatic rings. The summed E-state index contributed by atoms with van der Waals surface area (Å²) in [5, 5.41) is 13.6. The third kappa shape index (κ3) is 3.81. The molecular formula is C20H22N4O2. The van der Waals surface area contributed by atoms with Crippen LogP contribution in [0.2, 0.25) is 0 Å². The first kappa shape index (κ1) is 17.8. The van der Waals surface area contributed by atoms with E-state index >= 15 is 0 Å². The second kappa shape index (κ2) is 7.93. The highest BCUT2D eigenvalue weighted by molar-refractivity contribution is 6.04. The number of nitrogens with one attached hydrogen (secondary N) is 1. The molecule has 1 unspecified atom stereocenters. The molecule has 0 spiro atoms. The monoisotopic (exact) mass is 350 g/mol. The van der Waals surface area contributed by atoms with Crippen molar-refractivity contribution >= 4 is 22.7 Å². The van der Waals surface area contributed by atoms with Gasteiger partial charge in [-0.2, -0.15) is 0 Å². The molecule has 6 nitrogen and oxygen atoms in total. The minimum Gasteiger partial charge on any atom is -0.478 e. The molecule has 2 aromatic carbocycles. The summed E-state index contributed by atoms with van der Waals surface area (Å²) in [4.78, 5) is 22.2. The van der Waals surface area contributed by atoms with E-state index in [9.17, 15) is 9.90 Å². The molecule has 3 rings (SSSR count). The molecule has 0 aliphatic carbocycles. The molecule has 1 heterocycles. The summed E-state index contributed by atoms with van der Waals surface area (Å²) in [5.74, 6) is -0.359. The van der Waals surface area contributed by atoms with Crippen molar-refractivity contribution in [2.45, 2.75) is 13.0 Å². The van der Waals surface area contributed by atoms with Crippen LogP contribution in [-0.2, 0) is 0 Å². The molecule has 2 N–H and O–H groups in total. The first-order valence-electron chi connectivity index (χ1n) is 8.57. The quantitative estimate of drug-likeness (QED) is 0.680. The van der Waals surface area contributed by atoms with E-state index in [1.807, 2.05) is 24.3 Å². The van der Waals surface area contributed by atoms with Crippen LogP contribution in [0, 0.1) is 0 Å². The van der Waals surface area contributed by atoms with Crippen LogP contribution in [-0.4, -0.2) is 46.1 Å². The summed E-state index contributed by atoms with van der Waals surface area (Å²) in [6.07, 6.45) is 1.41. The molecule has 6 heteroatoms. The molecule has 0 bridgehead atoms. The fourth-order valence-corrected chi connectivity index (χ4v) is 2.90. The molecular weight excluding hydrogens is 328 g/mol. The van der Waals surface area contributed by atoms with Crippen molar-refractivity contribution in [3.8, 4) is 0 Å². The van der Waals surface area contributed by atoms with Gasteiger partial charge in [-0.3, -0.25) is 0 Å². The van der Waals surface area contributed by atoms with E-state index in [0.717, 1.165) is 18.7 Å². The van der Waals surface area contributed by atoms with E-state index in [2.05, 4.69) is 46.3 Å². The normalized spacial score (nSPS) is 12.3. The van der Waals surface area contributed by atoms with Gasteiger partial charge >= 0.3 is 5.97 Å². The van der Waals surface area contributed by atoms with E-state index in [1.165, 1.54) is 6.33 Å². The lowest BCUT2D eigenvalue weighted by atomic mass is 10.1. The highest BCUT2D eigenvalue weighted by Gasteiger charge is 2.17. The second-order valence-electron chi connectivity index (χ2n) is 6.19. The molecule has 0 amide bonds. The van der Waals surface area contributed by atoms with Gasteiger partial charge in [0.05, 0.1) is 17.1 Å². The van der Waals surface area contributed by atoms with E-state index in [4.69, 9.17) is 0 Å². The average molecular weight is 350 g/mol. The molecule has 134 valence electrons. The Hall–Kier alpha value is -2.99. The molecule has 0 radical (unpaired) electrons. The lowest BCUT2D eigenvalue weighted by Crippen LogP contribution is -2.28. The van der Waals surface area contributed by atoms with Gasteiger partial charge in [0.25, 0.3) is 0 Å². The zero-order valence-electron chi connectivity index (χ0n) is 14.9. The number of benzene rings is 2. The maximum Gasteiger partial charge on any atom is 0.337 e. The molecule has 0 saturated carbocycles. The Morgan fingerprint density at radius 2 is 1.92 bits per heavy atom. The maximum atomic E-state index is 11.5. The van der Waals surface area contributed by atoms with Gasteiger partial charge in [-0.15, -0.1) is 0 Å². The number of carbonyl (C=O) groups is 1. The maximum absolute atomic E-state index is 11.5. The summed E-state index contributed by atoms with van der Waals surface area (Å²) >= 11 is 0. The first-order chi connectivity index (χ1) is 12.6. The van der Waals surface area contributed by atoms with E-state index in [1.54, 1.807) is 12.1 Å². The van der Waals surface area contributed by atoms with Gasteiger partial charge in [-0.25, -0.2) is 14.8 Å². The third-order valence-corrected chi connectivity index (χ3v) is 4.44. The van der Waals surface area contributed by atoms with E-state index < -0.39 is 5.97 Å². The Morgan fingerprint density at radius 1 is 1.15 bits per heavy atom. The molecule has 1 aromatic heterocycles. The molecule has 0 fully saturated rings. The Morgan fingerprint density at radius 3 is 2.62 bits per heavy atom. The van der Waals surface area contributed by atoms with E-state index in [0.29, 0.717) is 16.7 Å². The molecule has 3 aromatic rings. The summed E-state index contributed by atoms with van der Waals surface area (Å²) in [7, 11) is 2.07. The highest BCUT2D eigenvalue weighted by Crippen LogP contribution is 2.26. The Bertz CT molecular complexity index is 899. The van der Waals surface area contributed by atoms with Crippen LogP contribution in [0.1, 0.15) is 28.9 Å². The predicted molar refractivity (Wildman–Crippen MR) is 102 cm³/mol. The van der Waals surface area contributed by atoms with Gasteiger partial charge in [0, 0.05) is 11.9 Å². The number of anilines is 1. The zero-order valence-corrected chi connectivity index (χ0v) is 14.9. The first-order valence-corrected chi connectivity index (χ1v) is 8.57. The zero-order chi connectivity index (χ0) is 18.5. The van der Waals surface area contributed by atoms with Gasteiger partial charge in [-0.1, -0.05) is 43.3 Å². The van der Waals surface area contributed by atoms with Crippen molar-refractivity contribution in [2.24, 2.45) is 0 Å². The number of rotatable bonds is 7. The summed E-state index contributed by atoms with van der Waals surface area (Å²) in [6, 6.07) is 15.3. The summed E-state index contributed by atoms with van der Waals surface area (Å²) in [6.45, 7) is 3.84. The van der Waals surface area contributed by atoms with Crippen molar-refractivity contribution in [2.75, 3.05) is 25.5 Å². The SMILES string of the molecule is CCN(C)CC(Nc1ncnc2c(C(=O)O)cccc12)c1ccccc1. The predicted octanol–water partition coefficient (Wildman–Crippen LogP) is 3.43. The molecule has 0 aliphatic heterocycles. The topological polar surface area (TPSA) is 78.3 Å². The van der Waals surface area contributed by atoms with Crippen LogP contribution < -0.4 is 5.32 Å². The number of fused-ring (bicyclic) bond motifs is 1. The van der Waals surface area contributed by atoms with Gasteiger partial charge in [0.15, 0.2) is 0 Å². The standard InChI is InChI=1S/C20H22N4O2/c1-3-24(2)12-17(14-8-5-4-6-9-14)23-19-15-10-7-11-16(20(25)26)18(15)21-13-22-19/h4-11,13,17H,3,12H2,1-2H3,(H,25,26)(H,21,22,23). The minimum atomic E-state index is -0.995. The molecule has 26 heavy (non-hydrogen) atoms. The second-order valence-corrected chi connectivity index (χ2v) is 6.19. The highest BCUT2D eigenvalue weighted by atomic mass is 16.4. The largest absolute Gasteiger partial charge is 0.478 e. The lowest BCUT2D eigenvalue weighted by molar-refractivity contribution is 0.0699. The smallest absolute Gasteiger partial charge is 0.337 e. The number of aromatic nitrogens is 2. The van der Waals surface area contributed by atoms with Crippen molar-refractivity contribution in [3.05, 3.63) is 66.0 Å². The Balaban J connectivity index is 2.01. The lowest BCUT2D eigenvalue weighted by Gasteiger charge is -2.25. The van der Waals surface area contributed by atoms with Crippen LogP contribution in [0.5, 0.6) is 0 Å². The van der Waals surface area contributed by atoms with Crippen LogP contribution >= 0.6 is 0 Å². The average Bonchev–Trinajstić information content (AvgIpc) is 2.67. The third-order valence-electron chi connectivity index (χ3n) is 4.44. The molecule has 0 saturated heterocycles. The number of carboxylic acid groups (broad SMARTS) is 1. The number of carboxylic acids is 1. The number of nitrogens with zero attached hydrogens (tertiary/aromatic N) is 3. The van der Waals surface area contributed by atoms with Crippen molar-refractivity contribution in [3.63, 3.8) is 0 Å². The number of likely N-dealkylation sites (N-methyl/N-ethyl adjacent to an activating group) is 1.